The molecule has 0 radical (unpaired) electrons. The number of carbonyl (C=O) groups is 1. The fourth-order valence-electron chi connectivity index (χ4n) is 2.53. The van der Waals surface area contributed by atoms with Crippen LogP contribution in [0.3, 0.4) is 0 Å². The molecule has 0 saturated carbocycles. The third-order valence-electron chi connectivity index (χ3n) is 3.67. The van der Waals surface area contributed by atoms with E-state index in [-0.39, 0.29) is 30.0 Å². The van der Waals surface area contributed by atoms with Crippen LogP contribution in [0.2, 0.25) is 0 Å². The van der Waals surface area contributed by atoms with Crippen LogP contribution in [0, 0.1) is 0 Å². The number of halogens is 3. The lowest BCUT2D eigenvalue weighted by Crippen LogP contribution is -2.37. The van der Waals surface area contributed by atoms with Crippen molar-refractivity contribution < 1.29 is 31.5 Å². The van der Waals surface area contributed by atoms with Crippen molar-refractivity contribution >= 4 is 21.6 Å². The number of fused-ring (bicyclic) bond motifs is 1. The van der Waals surface area contributed by atoms with Crippen LogP contribution < -0.4 is 4.90 Å². The van der Waals surface area contributed by atoms with Crippen molar-refractivity contribution in [1.29, 1.82) is 0 Å². The van der Waals surface area contributed by atoms with Crippen molar-refractivity contribution in [2.45, 2.75) is 24.8 Å². The number of sulfone groups is 1. The number of hydrogen-bond donors (Lipinski definition) is 1. The Labute approximate surface area is 125 Å². The molecule has 1 aromatic carbocycles. The number of rotatable bonds is 2. The minimum Gasteiger partial charge on any atom is -0.465 e. The summed E-state index contributed by atoms with van der Waals surface area (Å²) in [5, 5.41) is 7.99. The van der Waals surface area contributed by atoms with Crippen molar-refractivity contribution in [2.24, 2.45) is 0 Å². The zero-order valence-electron chi connectivity index (χ0n) is 11.6. The molecule has 0 saturated heterocycles. The third kappa shape index (κ3) is 2.90. The van der Waals surface area contributed by atoms with E-state index in [2.05, 4.69) is 0 Å². The van der Waals surface area contributed by atoms with E-state index in [4.69, 9.17) is 5.11 Å². The first kappa shape index (κ1) is 16.6. The van der Waals surface area contributed by atoms with E-state index < -0.39 is 32.9 Å². The van der Waals surface area contributed by atoms with Crippen LogP contribution >= 0.6 is 0 Å². The molecule has 1 heterocycles. The number of amides is 1. The highest BCUT2D eigenvalue weighted by Crippen LogP contribution is 2.42. The Hall–Kier alpha value is -1.77. The molecule has 122 valence electrons. The molecular formula is C13H14F3NO4S. The van der Waals surface area contributed by atoms with Gasteiger partial charge in [0.1, 0.15) is 0 Å². The van der Waals surface area contributed by atoms with E-state index in [1.807, 2.05) is 0 Å². The van der Waals surface area contributed by atoms with E-state index in [0.717, 1.165) is 23.1 Å². The third-order valence-corrected chi connectivity index (χ3v) is 5.84. The van der Waals surface area contributed by atoms with Crippen molar-refractivity contribution in [3.05, 3.63) is 29.3 Å². The molecule has 2 rings (SSSR count). The van der Waals surface area contributed by atoms with Gasteiger partial charge in [0.25, 0.3) is 0 Å². The topological polar surface area (TPSA) is 74.7 Å². The lowest BCUT2D eigenvalue weighted by Gasteiger charge is -2.32. The largest absolute Gasteiger partial charge is 0.465 e. The maximum atomic E-state index is 12.8. The Morgan fingerprint density at radius 2 is 2.05 bits per heavy atom. The van der Waals surface area contributed by atoms with Crippen LogP contribution in [-0.4, -0.2) is 31.9 Å². The fourth-order valence-corrected chi connectivity index (χ4v) is 3.97. The Kier molecular flexibility index (Phi) is 4.12. The second-order valence-electron chi connectivity index (χ2n) is 4.93. The molecule has 1 atom stereocenters. The molecule has 1 aliphatic rings. The summed E-state index contributed by atoms with van der Waals surface area (Å²) in [6.45, 7) is 1.34. The van der Waals surface area contributed by atoms with Crippen molar-refractivity contribution in [1.82, 2.24) is 0 Å². The molecule has 0 aliphatic carbocycles. The summed E-state index contributed by atoms with van der Waals surface area (Å²) in [7, 11) is -3.63. The van der Waals surface area contributed by atoms with Gasteiger partial charge in [0.15, 0.2) is 9.84 Å². The van der Waals surface area contributed by atoms with Crippen LogP contribution in [-0.2, 0) is 16.0 Å². The van der Waals surface area contributed by atoms with E-state index in [0.29, 0.717) is 0 Å². The number of carboxylic acid groups (broad SMARTS) is 1. The highest BCUT2D eigenvalue weighted by Gasteiger charge is 2.38. The van der Waals surface area contributed by atoms with Gasteiger partial charge >= 0.3 is 12.3 Å². The minimum absolute atomic E-state index is 0.00576. The Bertz CT molecular complexity index is 700. The predicted octanol–water partition coefficient (Wildman–Crippen LogP) is 3.07. The van der Waals surface area contributed by atoms with Gasteiger partial charge < -0.3 is 5.11 Å². The molecule has 1 amide bonds. The monoisotopic (exact) mass is 337 g/mol. The molecule has 0 aromatic heterocycles. The standard InChI is InChI=1S/C13H14F3NO4S/c1-2-22(20,21)11-5-6-17(12(18)19)10-4-3-8(7-9(10)11)13(14,15)16/h3-4,7,11H,2,5-6H2,1H3,(H,18,19)/t11-/m0/s1. The van der Waals surface area contributed by atoms with Crippen LogP contribution in [0.4, 0.5) is 23.7 Å². The number of benzene rings is 1. The molecule has 0 spiro atoms. The average molecular weight is 337 g/mol. The lowest BCUT2D eigenvalue weighted by molar-refractivity contribution is -0.137. The SMILES string of the molecule is CCS(=O)(=O)[C@H]1CCN(C(=O)O)c2ccc(C(F)(F)F)cc21. The summed E-state index contributed by atoms with van der Waals surface area (Å²) in [6, 6.07) is 2.52. The molecule has 5 nitrogen and oxygen atoms in total. The summed E-state index contributed by atoms with van der Waals surface area (Å²) < 4.78 is 62.7. The molecule has 1 aliphatic heterocycles. The van der Waals surface area contributed by atoms with Crippen LogP contribution in [0.1, 0.15) is 29.7 Å². The number of anilines is 1. The predicted molar refractivity (Wildman–Crippen MR) is 73.6 cm³/mol. The molecule has 1 N–H and O–H groups in total. The zero-order valence-corrected chi connectivity index (χ0v) is 12.4. The maximum absolute atomic E-state index is 12.8. The summed E-state index contributed by atoms with van der Waals surface area (Å²) >= 11 is 0. The maximum Gasteiger partial charge on any atom is 0.416 e. The van der Waals surface area contributed by atoms with Crippen molar-refractivity contribution in [3.8, 4) is 0 Å². The minimum atomic E-state index is -4.62. The number of nitrogens with zero attached hydrogens (tertiary/aromatic N) is 1. The second-order valence-corrected chi connectivity index (χ2v) is 7.41. The van der Waals surface area contributed by atoms with E-state index in [1.165, 1.54) is 6.92 Å². The smallest absolute Gasteiger partial charge is 0.416 e. The second kappa shape index (κ2) is 5.45. The Balaban J connectivity index is 2.64. The van der Waals surface area contributed by atoms with E-state index in [9.17, 15) is 26.4 Å². The van der Waals surface area contributed by atoms with Crippen LogP contribution in [0.15, 0.2) is 18.2 Å². The van der Waals surface area contributed by atoms with Gasteiger partial charge in [-0.2, -0.15) is 13.2 Å². The molecule has 0 bridgehead atoms. The highest BCUT2D eigenvalue weighted by molar-refractivity contribution is 7.91. The van der Waals surface area contributed by atoms with E-state index >= 15 is 0 Å². The summed E-state index contributed by atoms with van der Waals surface area (Å²) in [4.78, 5) is 12.1. The normalized spacial score (nSPS) is 18.9. The van der Waals surface area contributed by atoms with Gasteiger partial charge in [-0.1, -0.05) is 6.92 Å². The van der Waals surface area contributed by atoms with Gasteiger partial charge in [-0.25, -0.2) is 13.2 Å². The molecular weight excluding hydrogens is 323 g/mol. The summed E-state index contributed by atoms with van der Waals surface area (Å²) in [5.41, 5.74) is -1.10. The first-order valence-corrected chi connectivity index (χ1v) is 8.22. The summed E-state index contributed by atoms with van der Waals surface area (Å²) in [6.07, 6.45) is -6.01. The van der Waals surface area contributed by atoms with Gasteiger partial charge in [0, 0.05) is 12.3 Å². The molecule has 1 aromatic rings. The van der Waals surface area contributed by atoms with Gasteiger partial charge in [-0.15, -0.1) is 0 Å². The van der Waals surface area contributed by atoms with Gasteiger partial charge in [-0.05, 0) is 30.2 Å². The molecule has 0 fully saturated rings. The average Bonchev–Trinajstić information content (AvgIpc) is 2.44. The first-order chi connectivity index (χ1) is 10.1. The van der Waals surface area contributed by atoms with Crippen LogP contribution in [0.25, 0.3) is 0 Å². The lowest BCUT2D eigenvalue weighted by atomic mass is 9.98. The highest BCUT2D eigenvalue weighted by atomic mass is 32.2. The van der Waals surface area contributed by atoms with E-state index in [1.54, 1.807) is 0 Å². The zero-order chi connectivity index (χ0) is 16.7. The number of hydrogen-bond acceptors (Lipinski definition) is 3. The van der Waals surface area contributed by atoms with Crippen molar-refractivity contribution in [3.63, 3.8) is 0 Å². The number of alkyl halides is 3. The Morgan fingerprint density at radius 3 is 2.55 bits per heavy atom. The van der Waals surface area contributed by atoms with Crippen LogP contribution in [0.5, 0.6) is 0 Å². The summed E-state index contributed by atoms with van der Waals surface area (Å²) in [5.74, 6) is -0.222. The van der Waals surface area contributed by atoms with Gasteiger partial charge in [0.05, 0.1) is 16.5 Å². The van der Waals surface area contributed by atoms with Gasteiger partial charge in [0.2, 0.25) is 0 Å². The van der Waals surface area contributed by atoms with Crippen molar-refractivity contribution in [2.75, 3.05) is 17.2 Å². The molecule has 9 heteroatoms. The molecule has 0 unspecified atom stereocenters. The molecule has 22 heavy (non-hydrogen) atoms. The Morgan fingerprint density at radius 1 is 1.41 bits per heavy atom. The fraction of sp³-hybridized carbons (Fsp3) is 0.462. The quantitative estimate of drug-likeness (QED) is 0.900. The first-order valence-electron chi connectivity index (χ1n) is 6.51. The van der Waals surface area contributed by atoms with Gasteiger partial charge in [-0.3, -0.25) is 4.90 Å².